The third-order valence-corrected chi connectivity index (χ3v) is 5.55. The lowest BCUT2D eigenvalue weighted by atomic mass is 9.98. The van der Waals surface area contributed by atoms with Crippen molar-refractivity contribution in [3.63, 3.8) is 0 Å². The lowest BCUT2D eigenvalue weighted by Gasteiger charge is -2.26. The number of Topliss-reactive ketones (excluding diaryl/α,β-unsaturated/α-hetero) is 1. The third kappa shape index (κ3) is 4.03. The highest BCUT2D eigenvalue weighted by Gasteiger charge is 2.47. The molecule has 1 aliphatic rings. The predicted octanol–water partition coefficient (Wildman–Crippen LogP) is 3.80. The fourth-order valence-electron chi connectivity index (χ4n) is 3.74. The van der Waals surface area contributed by atoms with Gasteiger partial charge >= 0.3 is 0 Å². The molecule has 1 amide bonds. The van der Waals surface area contributed by atoms with Gasteiger partial charge in [0.2, 0.25) is 0 Å². The number of likely N-dealkylation sites (N-methyl/N-ethyl adjacent to an activating group) is 1. The number of likely N-dealkylation sites (tertiary alicyclic amines) is 1. The molecule has 0 spiro atoms. The van der Waals surface area contributed by atoms with Gasteiger partial charge in [0.15, 0.2) is 0 Å². The number of rotatable bonds is 7. The van der Waals surface area contributed by atoms with Crippen LogP contribution >= 0.6 is 0 Å². The normalized spacial score (nSPS) is 18.6. The summed E-state index contributed by atoms with van der Waals surface area (Å²) in [4.78, 5) is 29.4. The summed E-state index contributed by atoms with van der Waals surface area (Å²) >= 11 is 0. The number of hydrogen-bond donors (Lipinski definition) is 1. The molecule has 160 valence electrons. The van der Waals surface area contributed by atoms with Crippen molar-refractivity contribution in [2.75, 3.05) is 26.2 Å². The smallest absolute Gasteiger partial charge is 0.295 e. The highest BCUT2D eigenvalue weighted by Crippen LogP contribution is 2.40. The highest BCUT2D eigenvalue weighted by molar-refractivity contribution is 6.46. The summed E-state index contributed by atoms with van der Waals surface area (Å²) in [6.07, 6.45) is 0. The number of halogens is 1. The summed E-state index contributed by atoms with van der Waals surface area (Å²) in [6.45, 7) is 9.95. The number of aryl methyl sites for hydroxylation is 2. The molecule has 1 fully saturated rings. The van der Waals surface area contributed by atoms with E-state index < -0.39 is 23.5 Å². The van der Waals surface area contributed by atoms with E-state index in [1.807, 2.05) is 13.8 Å². The SMILES string of the molecule is CCN(CC)CCN1C(=O)C(=O)/C(=C(\O)c2ccc(F)c(C)c2)C1c1ccc(C)o1. The monoisotopic (exact) mass is 414 g/mol. The molecule has 0 bridgehead atoms. The van der Waals surface area contributed by atoms with Gasteiger partial charge in [-0.05, 0) is 62.8 Å². The summed E-state index contributed by atoms with van der Waals surface area (Å²) in [5, 5.41) is 11.0. The van der Waals surface area contributed by atoms with Crippen LogP contribution < -0.4 is 0 Å². The average molecular weight is 414 g/mol. The number of nitrogens with zero attached hydrogens (tertiary/aromatic N) is 2. The van der Waals surface area contributed by atoms with Gasteiger partial charge in [-0.25, -0.2) is 4.39 Å². The van der Waals surface area contributed by atoms with Gasteiger partial charge in [-0.1, -0.05) is 13.8 Å². The van der Waals surface area contributed by atoms with Crippen molar-refractivity contribution in [3.05, 3.63) is 64.4 Å². The first kappa shape index (κ1) is 21.8. The molecule has 7 heteroatoms. The Balaban J connectivity index is 2.09. The largest absolute Gasteiger partial charge is 0.507 e. The molecule has 0 radical (unpaired) electrons. The molecule has 0 aliphatic carbocycles. The van der Waals surface area contributed by atoms with Gasteiger partial charge in [-0.3, -0.25) is 9.59 Å². The van der Waals surface area contributed by atoms with Crippen molar-refractivity contribution >= 4 is 17.4 Å². The molecule has 3 rings (SSSR count). The number of aliphatic hydroxyl groups excluding tert-OH is 1. The molecule has 0 saturated carbocycles. The van der Waals surface area contributed by atoms with Crippen LogP contribution in [0.2, 0.25) is 0 Å². The molecule has 30 heavy (non-hydrogen) atoms. The molecule has 1 aromatic heterocycles. The van der Waals surface area contributed by atoms with Crippen LogP contribution in [-0.4, -0.2) is 52.8 Å². The predicted molar refractivity (Wildman–Crippen MR) is 111 cm³/mol. The van der Waals surface area contributed by atoms with Crippen molar-refractivity contribution < 1.29 is 23.5 Å². The lowest BCUT2D eigenvalue weighted by Crippen LogP contribution is -2.37. The number of carbonyl (C=O) groups excluding carboxylic acids is 2. The molecule has 2 heterocycles. The number of benzene rings is 1. The lowest BCUT2D eigenvalue weighted by molar-refractivity contribution is -0.140. The van der Waals surface area contributed by atoms with E-state index >= 15 is 0 Å². The maximum atomic E-state index is 13.7. The Morgan fingerprint density at radius 2 is 1.87 bits per heavy atom. The Morgan fingerprint density at radius 3 is 2.43 bits per heavy atom. The molecule has 1 unspecified atom stereocenters. The first-order valence-electron chi connectivity index (χ1n) is 10.1. The van der Waals surface area contributed by atoms with Gasteiger partial charge in [0.25, 0.3) is 11.7 Å². The van der Waals surface area contributed by atoms with Crippen LogP contribution in [0.15, 0.2) is 40.3 Å². The number of ketones is 1. The number of hydrogen-bond acceptors (Lipinski definition) is 5. The van der Waals surface area contributed by atoms with Crippen molar-refractivity contribution in [3.8, 4) is 0 Å². The van der Waals surface area contributed by atoms with Crippen molar-refractivity contribution in [1.82, 2.24) is 9.80 Å². The molecule has 1 saturated heterocycles. The second-order valence-electron chi connectivity index (χ2n) is 7.43. The Hall–Kier alpha value is -2.93. The minimum absolute atomic E-state index is 0.0418. The maximum absolute atomic E-state index is 13.7. The van der Waals surface area contributed by atoms with Crippen molar-refractivity contribution in [1.29, 1.82) is 0 Å². The topological polar surface area (TPSA) is 74.0 Å². The van der Waals surface area contributed by atoms with Gasteiger partial charge in [-0.15, -0.1) is 0 Å². The van der Waals surface area contributed by atoms with Crippen LogP contribution in [0.1, 0.15) is 42.5 Å². The second-order valence-corrected chi connectivity index (χ2v) is 7.43. The van der Waals surface area contributed by atoms with E-state index in [2.05, 4.69) is 4.90 Å². The van der Waals surface area contributed by atoms with E-state index in [0.29, 0.717) is 30.2 Å². The number of aliphatic hydroxyl groups is 1. The van der Waals surface area contributed by atoms with Crippen molar-refractivity contribution in [2.24, 2.45) is 0 Å². The van der Waals surface area contributed by atoms with Crippen LogP contribution in [0.25, 0.3) is 5.76 Å². The summed E-state index contributed by atoms with van der Waals surface area (Å²) in [7, 11) is 0. The van der Waals surface area contributed by atoms with Gasteiger partial charge < -0.3 is 19.3 Å². The first-order chi connectivity index (χ1) is 14.3. The molecule has 2 aromatic rings. The van der Waals surface area contributed by atoms with Gasteiger partial charge in [0.1, 0.15) is 29.1 Å². The van der Waals surface area contributed by atoms with Gasteiger partial charge in [0.05, 0.1) is 5.57 Å². The summed E-state index contributed by atoms with van der Waals surface area (Å²) in [5.74, 6) is -1.15. The minimum Gasteiger partial charge on any atom is -0.507 e. The minimum atomic E-state index is -0.834. The number of carbonyl (C=O) groups is 2. The van der Waals surface area contributed by atoms with Gasteiger partial charge in [0, 0.05) is 18.7 Å². The molecular weight excluding hydrogens is 387 g/mol. The van der Waals surface area contributed by atoms with E-state index in [-0.39, 0.29) is 16.9 Å². The van der Waals surface area contributed by atoms with Crippen LogP contribution in [-0.2, 0) is 9.59 Å². The maximum Gasteiger partial charge on any atom is 0.295 e. The fraction of sp³-hybridized carbons (Fsp3) is 0.391. The standard InChI is InChI=1S/C23H27FN2O4/c1-5-25(6-2)11-12-26-20(18-10-7-15(4)30-18)19(22(28)23(26)29)21(27)16-8-9-17(24)14(3)13-16/h7-10,13,20,27H,5-6,11-12H2,1-4H3/b21-19-. The zero-order valence-corrected chi connectivity index (χ0v) is 17.7. The summed E-state index contributed by atoms with van der Waals surface area (Å²) in [5.41, 5.74) is 0.573. The van der Waals surface area contributed by atoms with Gasteiger partial charge in [-0.2, -0.15) is 0 Å². The molecule has 1 atom stereocenters. The Labute approximate surface area is 175 Å². The van der Waals surface area contributed by atoms with E-state index in [1.54, 1.807) is 26.0 Å². The Morgan fingerprint density at radius 1 is 1.17 bits per heavy atom. The van der Waals surface area contributed by atoms with Crippen LogP contribution in [0.3, 0.4) is 0 Å². The zero-order chi connectivity index (χ0) is 22.0. The van der Waals surface area contributed by atoms with Crippen LogP contribution in [0.4, 0.5) is 4.39 Å². The summed E-state index contributed by atoms with van der Waals surface area (Å²) in [6, 6.07) is 6.71. The zero-order valence-electron chi connectivity index (χ0n) is 17.7. The first-order valence-corrected chi connectivity index (χ1v) is 10.1. The van der Waals surface area contributed by atoms with E-state index in [0.717, 1.165) is 13.1 Å². The molecular formula is C23H27FN2O4. The van der Waals surface area contributed by atoms with E-state index in [1.165, 1.54) is 23.1 Å². The molecule has 1 N–H and O–H groups in total. The van der Waals surface area contributed by atoms with Crippen LogP contribution in [0.5, 0.6) is 0 Å². The molecule has 1 aliphatic heterocycles. The Kier molecular flexibility index (Phi) is 6.41. The average Bonchev–Trinajstić information content (AvgIpc) is 3.26. The number of amides is 1. The third-order valence-electron chi connectivity index (χ3n) is 5.55. The molecule has 6 nitrogen and oxygen atoms in total. The van der Waals surface area contributed by atoms with Crippen LogP contribution in [0, 0.1) is 19.7 Å². The summed E-state index contributed by atoms with van der Waals surface area (Å²) < 4.78 is 19.4. The quantitative estimate of drug-likeness (QED) is 0.424. The fourth-order valence-corrected chi connectivity index (χ4v) is 3.74. The van der Waals surface area contributed by atoms with E-state index in [9.17, 15) is 19.1 Å². The number of furan rings is 1. The second kappa shape index (κ2) is 8.83. The Bertz CT molecular complexity index is 991. The van der Waals surface area contributed by atoms with E-state index in [4.69, 9.17) is 4.42 Å². The van der Waals surface area contributed by atoms with Crippen molar-refractivity contribution in [2.45, 2.75) is 33.7 Å². The highest BCUT2D eigenvalue weighted by atomic mass is 19.1. The molecule has 1 aromatic carbocycles.